The Morgan fingerprint density at radius 3 is 2.52 bits per heavy atom. The van der Waals surface area contributed by atoms with E-state index in [9.17, 15) is 9.90 Å². The smallest absolute Gasteiger partial charge is 0.407 e. The Hall–Kier alpha value is -2.60. The lowest BCUT2D eigenvalue weighted by Gasteiger charge is -2.38. The van der Waals surface area contributed by atoms with Gasteiger partial charge in [-0.05, 0) is 76.1 Å². The Labute approximate surface area is 185 Å². The molecule has 1 aromatic carbocycles. The van der Waals surface area contributed by atoms with Crippen molar-refractivity contribution in [3.63, 3.8) is 0 Å². The fourth-order valence-corrected chi connectivity index (χ4v) is 4.33. The maximum Gasteiger partial charge on any atom is 0.407 e. The number of nitrogens with one attached hydrogen (secondary N) is 1. The number of benzene rings is 1. The first-order valence-corrected chi connectivity index (χ1v) is 11.1. The second kappa shape index (κ2) is 10.1. The second-order valence-corrected chi connectivity index (χ2v) is 9.43. The third-order valence-corrected chi connectivity index (χ3v) is 6.18. The number of hydrogen-bond acceptors (Lipinski definition) is 4. The van der Waals surface area contributed by atoms with Crippen LogP contribution in [0.5, 0.6) is 5.75 Å². The number of nitrogens with zero attached hydrogens (tertiary/aromatic N) is 2. The highest BCUT2D eigenvalue weighted by molar-refractivity contribution is 5.66. The first kappa shape index (κ1) is 23.1. The molecule has 1 aliphatic rings. The van der Waals surface area contributed by atoms with Crippen LogP contribution in [-0.4, -0.2) is 46.3 Å². The highest BCUT2D eigenvalue weighted by atomic mass is 16.5. The van der Waals surface area contributed by atoms with Gasteiger partial charge in [0.25, 0.3) is 0 Å². The van der Waals surface area contributed by atoms with Crippen LogP contribution in [0, 0.1) is 5.92 Å². The van der Waals surface area contributed by atoms with Crippen molar-refractivity contribution in [2.45, 2.75) is 64.6 Å². The second-order valence-electron chi connectivity index (χ2n) is 9.43. The van der Waals surface area contributed by atoms with E-state index in [4.69, 9.17) is 4.74 Å². The molecule has 0 bridgehead atoms. The van der Waals surface area contributed by atoms with Crippen LogP contribution in [0.1, 0.15) is 52.0 Å². The topological polar surface area (TPSA) is 74.7 Å². The maximum absolute atomic E-state index is 11.6. The maximum atomic E-state index is 11.6. The molecule has 168 valence electrons. The summed E-state index contributed by atoms with van der Waals surface area (Å²) in [7, 11) is 1.71. The molecule has 0 aliphatic heterocycles. The standard InChI is InChI=1S/C25H35N3O3/c1-25(2,3)28(24(29)30)17-18-7-10-22(11-8-18)27-16-21-14-19(9-12-23(21)31-4)20-6-5-13-26-15-20/h5-6,9,12-15,18,22,27H,7-8,10-11,16-17H2,1-4H3,(H,29,30). The molecule has 1 fully saturated rings. The minimum atomic E-state index is -0.826. The number of rotatable bonds is 7. The van der Waals surface area contributed by atoms with Crippen molar-refractivity contribution in [1.29, 1.82) is 0 Å². The van der Waals surface area contributed by atoms with Crippen LogP contribution >= 0.6 is 0 Å². The van der Waals surface area contributed by atoms with Crippen LogP contribution in [0.25, 0.3) is 11.1 Å². The molecule has 0 radical (unpaired) electrons. The first-order valence-electron chi connectivity index (χ1n) is 11.1. The summed E-state index contributed by atoms with van der Waals surface area (Å²) in [4.78, 5) is 17.4. The van der Waals surface area contributed by atoms with Gasteiger partial charge >= 0.3 is 6.09 Å². The summed E-state index contributed by atoms with van der Waals surface area (Å²) in [5.41, 5.74) is 2.99. The molecule has 6 nitrogen and oxygen atoms in total. The van der Waals surface area contributed by atoms with E-state index in [1.165, 1.54) is 0 Å². The molecule has 6 heteroatoms. The number of methoxy groups -OCH3 is 1. The summed E-state index contributed by atoms with van der Waals surface area (Å²) < 4.78 is 5.57. The van der Waals surface area contributed by atoms with E-state index in [1.807, 2.05) is 39.1 Å². The zero-order valence-electron chi connectivity index (χ0n) is 19.1. The molecule has 2 aromatic rings. The molecule has 1 aliphatic carbocycles. The van der Waals surface area contributed by atoms with Gasteiger partial charge in [-0.2, -0.15) is 0 Å². The fraction of sp³-hybridized carbons (Fsp3) is 0.520. The van der Waals surface area contributed by atoms with Gasteiger partial charge in [-0.25, -0.2) is 4.79 Å². The molecule has 1 saturated carbocycles. The van der Waals surface area contributed by atoms with Crippen LogP contribution in [0.3, 0.4) is 0 Å². The largest absolute Gasteiger partial charge is 0.496 e. The molecule has 0 unspecified atom stereocenters. The average Bonchev–Trinajstić information content (AvgIpc) is 2.76. The van der Waals surface area contributed by atoms with Crippen molar-refractivity contribution >= 4 is 6.09 Å². The number of pyridine rings is 1. The fourth-order valence-electron chi connectivity index (χ4n) is 4.33. The number of hydrogen-bond donors (Lipinski definition) is 2. The van der Waals surface area contributed by atoms with E-state index < -0.39 is 6.09 Å². The van der Waals surface area contributed by atoms with E-state index in [2.05, 4.69) is 28.5 Å². The normalized spacial score (nSPS) is 19.1. The minimum Gasteiger partial charge on any atom is -0.496 e. The zero-order chi connectivity index (χ0) is 22.4. The Kier molecular flexibility index (Phi) is 7.55. The summed E-state index contributed by atoms with van der Waals surface area (Å²) in [5, 5.41) is 13.2. The average molecular weight is 426 g/mol. The zero-order valence-corrected chi connectivity index (χ0v) is 19.1. The minimum absolute atomic E-state index is 0.364. The molecule has 0 spiro atoms. The molecule has 31 heavy (non-hydrogen) atoms. The predicted molar refractivity (Wildman–Crippen MR) is 123 cm³/mol. The van der Waals surface area contributed by atoms with Gasteiger partial charge in [0.15, 0.2) is 0 Å². The molecular weight excluding hydrogens is 390 g/mol. The van der Waals surface area contributed by atoms with Gasteiger partial charge in [-0.3, -0.25) is 4.98 Å². The third kappa shape index (κ3) is 6.20. The Morgan fingerprint density at radius 2 is 1.94 bits per heavy atom. The lowest BCUT2D eigenvalue weighted by molar-refractivity contribution is 0.0812. The molecule has 1 heterocycles. The van der Waals surface area contributed by atoms with Gasteiger partial charge in [-0.15, -0.1) is 0 Å². The third-order valence-electron chi connectivity index (χ3n) is 6.18. The lowest BCUT2D eigenvalue weighted by Crippen LogP contribution is -2.48. The van der Waals surface area contributed by atoms with Crippen molar-refractivity contribution in [3.8, 4) is 16.9 Å². The summed E-state index contributed by atoms with van der Waals surface area (Å²) in [6, 6.07) is 10.7. The number of carboxylic acid groups (broad SMARTS) is 1. The van der Waals surface area contributed by atoms with E-state index >= 15 is 0 Å². The molecule has 2 N–H and O–H groups in total. The van der Waals surface area contributed by atoms with Crippen molar-refractivity contribution in [2.75, 3.05) is 13.7 Å². The van der Waals surface area contributed by atoms with Gasteiger partial charge in [0.2, 0.25) is 0 Å². The van der Waals surface area contributed by atoms with E-state index in [0.29, 0.717) is 18.5 Å². The van der Waals surface area contributed by atoms with Crippen LogP contribution in [0.4, 0.5) is 4.79 Å². The summed E-state index contributed by atoms with van der Waals surface area (Å²) in [6.07, 6.45) is 7.05. The van der Waals surface area contributed by atoms with Gasteiger partial charge < -0.3 is 20.1 Å². The molecule has 0 saturated heterocycles. The SMILES string of the molecule is COc1ccc(-c2cccnc2)cc1CNC1CCC(CN(C(=O)O)C(C)(C)C)CC1. The Bertz CT molecular complexity index is 856. The van der Waals surface area contributed by atoms with Gasteiger partial charge in [0.1, 0.15) is 5.75 Å². The highest BCUT2D eigenvalue weighted by Crippen LogP contribution is 2.29. The van der Waals surface area contributed by atoms with Crippen LogP contribution in [0.15, 0.2) is 42.7 Å². The predicted octanol–water partition coefficient (Wildman–Crippen LogP) is 5.18. The Morgan fingerprint density at radius 1 is 1.19 bits per heavy atom. The molecule has 3 rings (SSSR count). The number of amides is 1. The van der Waals surface area contributed by atoms with Crippen molar-refractivity contribution in [3.05, 3.63) is 48.3 Å². The Balaban J connectivity index is 1.56. The van der Waals surface area contributed by atoms with E-state index in [0.717, 1.165) is 54.7 Å². The van der Waals surface area contributed by atoms with E-state index in [-0.39, 0.29) is 5.54 Å². The van der Waals surface area contributed by atoms with Crippen molar-refractivity contribution < 1.29 is 14.6 Å². The number of aromatic nitrogens is 1. The van der Waals surface area contributed by atoms with Crippen LogP contribution in [-0.2, 0) is 6.54 Å². The number of ether oxygens (including phenoxy) is 1. The van der Waals surface area contributed by atoms with Crippen molar-refractivity contribution in [2.24, 2.45) is 5.92 Å². The quantitative estimate of drug-likeness (QED) is 0.639. The van der Waals surface area contributed by atoms with Crippen LogP contribution < -0.4 is 10.1 Å². The summed E-state index contributed by atoms with van der Waals surface area (Å²) in [6.45, 7) is 7.24. The summed E-state index contributed by atoms with van der Waals surface area (Å²) in [5.74, 6) is 1.31. The van der Waals surface area contributed by atoms with Gasteiger partial charge in [0.05, 0.1) is 7.11 Å². The van der Waals surface area contributed by atoms with Crippen LogP contribution in [0.2, 0.25) is 0 Å². The van der Waals surface area contributed by atoms with Gasteiger partial charge in [-0.1, -0.05) is 12.1 Å². The molecule has 1 amide bonds. The number of carbonyl (C=O) groups is 1. The molecule has 1 aromatic heterocycles. The molecule has 0 atom stereocenters. The lowest BCUT2D eigenvalue weighted by atomic mass is 9.85. The van der Waals surface area contributed by atoms with E-state index in [1.54, 1.807) is 18.2 Å². The summed E-state index contributed by atoms with van der Waals surface area (Å²) >= 11 is 0. The monoisotopic (exact) mass is 425 g/mol. The first-order chi connectivity index (χ1) is 14.8. The molecular formula is C25H35N3O3. The van der Waals surface area contributed by atoms with Gasteiger partial charge in [0, 0.05) is 48.2 Å². The van der Waals surface area contributed by atoms with Crippen molar-refractivity contribution in [1.82, 2.24) is 15.2 Å². The highest BCUT2D eigenvalue weighted by Gasteiger charge is 2.30.